The van der Waals surface area contributed by atoms with Gasteiger partial charge in [0, 0.05) is 42.7 Å². The second kappa shape index (κ2) is 7.07. The Morgan fingerprint density at radius 1 is 1.25 bits per heavy atom. The summed E-state index contributed by atoms with van der Waals surface area (Å²) in [5.41, 5.74) is 3.45. The zero-order chi connectivity index (χ0) is 19.8. The number of aryl methyl sites for hydroxylation is 1. The lowest BCUT2D eigenvalue weighted by atomic mass is 10.0. The van der Waals surface area contributed by atoms with E-state index in [2.05, 4.69) is 15.4 Å². The van der Waals surface area contributed by atoms with Crippen molar-refractivity contribution < 1.29 is 9.18 Å². The van der Waals surface area contributed by atoms with Crippen LogP contribution in [-0.4, -0.2) is 32.1 Å². The quantitative estimate of drug-likeness (QED) is 0.733. The minimum atomic E-state index is -0.316. The number of anilines is 1. The molecule has 1 N–H and O–H groups in total. The van der Waals surface area contributed by atoms with Crippen molar-refractivity contribution >= 4 is 11.7 Å². The zero-order valence-electron chi connectivity index (χ0n) is 16.1. The number of aromatic nitrogens is 3. The molecule has 1 amide bonds. The van der Waals surface area contributed by atoms with Crippen molar-refractivity contribution in [2.45, 2.75) is 26.4 Å². The van der Waals surface area contributed by atoms with Gasteiger partial charge in [-0.1, -0.05) is 6.07 Å². The fourth-order valence-corrected chi connectivity index (χ4v) is 3.52. The first-order chi connectivity index (χ1) is 13.5. The molecule has 144 valence electrons. The molecule has 0 saturated heterocycles. The molecule has 3 heterocycles. The fourth-order valence-electron chi connectivity index (χ4n) is 3.52. The second-order valence-electron chi connectivity index (χ2n) is 6.98. The molecule has 0 fully saturated rings. The van der Waals surface area contributed by atoms with Gasteiger partial charge in [0.05, 0.1) is 18.3 Å². The molecule has 7 heteroatoms. The third kappa shape index (κ3) is 3.13. The van der Waals surface area contributed by atoms with Crippen LogP contribution in [0.15, 0.2) is 42.7 Å². The van der Waals surface area contributed by atoms with Crippen molar-refractivity contribution in [3.05, 3.63) is 65.2 Å². The number of nitrogens with one attached hydrogen (secondary N) is 1. The highest BCUT2D eigenvalue weighted by molar-refractivity contribution is 5.99. The summed E-state index contributed by atoms with van der Waals surface area (Å²) in [7, 11) is 1.80. The van der Waals surface area contributed by atoms with E-state index in [0.29, 0.717) is 35.7 Å². The first-order valence-corrected chi connectivity index (χ1v) is 9.31. The zero-order valence-corrected chi connectivity index (χ0v) is 16.1. The van der Waals surface area contributed by atoms with Crippen LogP contribution in [-0.2, 0) is 13.6 Å². The number of halogens is 1. The lowest BCUT2D eigenvalue weighted by Gasteiger charge is -2.18. The molecule has 1 aliphatic rings. The fraction of sp³-hybridized carbons (Fsp3) is 0.286. The summed E-state index contributed by atoms with van der Waals surface area (Å²) in [6.07, 6.45) is 3.42. The molecule has 2 aromatic heterocycles. The highest BCUT2D eigenvalue weighted by Crippen LogP contribution is 2.31. The Bertz CT molecular complexity index is 1050. The van der Waals surface area contributed by atoms with Gasteiger partial charge in [-0.15, -0.1) is 0 Å². The van der Waals surface area contributed by atoms with Crippen LogP contribution in [0.4, 0.5) is 10.2 Å². The Morgan fingerprint density at radius 2 is 2.07 bits per heavy atom. The first kappa shape index (κ1) is 18.2. The minimum Gasteiger partial charge on any atom is -0.363 e. The van der Waals surface area contributed by atoms with E-state index in [9.17, 15) is 9.18 Å². The van der Waals surface area contributed by atoms with E-state index in [-0.39, 0.29) is 17.8 Å². The number of benzene rings is 1. The number of amides is 1. The van der Waals surface area contributed by atoms with Crippen molar-refractivity contribution in [3.8, 4) is 11.3 Å². The van der Waals surface area contributed by atoms with Crippen LogP contribution >= 0.6 is 0 Å². The van der Waals surface area contributed by atoms with Crippen molar-refractivity contribution in [1.82, 2.24) is 19.7 Å². The van der Waals surface area contributed by atoms with E-state index in [1.54, 1.807) is 47.2 Å². The van der Waals surface area contributed by atoms with Crippen LogP contribution in [0.1, 0.15) is 41.4 Å². The number of carbonyl (C=O) groups excluding carboxylic acids is 1. The molecule has 28 heavy (non-hydrogen) atoms. The Morgan fingerprint density at radius 3 is 2.75 bits per heavy atom. The Labute approximate surface area is 163 Å². The normalized spacial score (nSPS) is 14.3. The van der Waals surface area contributed by atoms with Gasteiger partial charge in [0.15, 0.2) is 0 Å². The molecule has 0 aliphatic carbocycles. The third-order valence-electron chi connectivity index (χ3n) is 5.14. The van der Waals surface area contributed by atoms with Crippen LogP contribution in [0, 0.1) is 5.82 Å². The summed E-state index contributed by atoms with van der Waals surface area (Å²) in [5, 5.41) is 7.60. The number of rotatable bonds is 5. The molecule has 0 bridgehead atoms. The van der Waals surface area contributed by atoms with Crippen molar-refractivity contribution in [3.63, 3.8) is 0 Å². The highest BCUT2D eigenvalue weighted by Gasteiger charge is 2.29. The van der Waals surface area contributed by atoms with Crippen molar-refractivity contribution in [2.24, 2.45) is 7.05 Å². The molecule has 3 aromatic rings. The highest BCUT2D eigenvalue weighted by atomic mass is 19.1. The van der Waals surface area contributed by atoms with Gasteiger partial charge in [-0.25, -0.2) is 9.37 Å². The smallest absolute Gasteiger partial charge is 0.254 e. The van der Waals surface area contributed by atoms with E-state index in [1.165, 1.54) is 6.07 Å². The summed E-state index contributed by atoms with van der Waals surface area (Å²) < 4.78 is 16.3. The SMILES string of the molecule is CCN1Cc2c(ccnc2N[C@@H](C)c2ccc(-c3ccn(C)n3)c(F)c2)C1=O. The Hall–Kier alpha value is -3.22. The van der Waals surface area contributed by atoms with Gasteiger partial charge in [0.1, 0.15) is 11.6 Å². The molecule has 0 radical (unpaired) electrons. The Kier molecular flexibility index (Phi) is 4.58. The number of nitrogens with zero attached hydrogens (tertiary/aromatic N) is 4. The summed E-state index contributed by atoms with van der Waals surface area (Å²) in [5.74, 6) is 0.383. The van der Waals surface area contributed by atoms with Gasteiger partial charge in [0.25, 0.3) is 5.91 Å². The van der Waals surface area contributed by atoms with Crippen LogP contribution in [0.3, 0.4) is 0 Å². The van der Waals surface area contributed by atoms with Crippen LogP contribution < -0.4 is 5.32 Å². The van der Waals surface area contributed by atoms with Gasteiger partial charge in [-0.2, -0.15) is 5.10 Å². The van der Waals surface area contributed by atoms with Gasteiger partial charge in [0.2, 0.25) is 0 Å². The molecular weight excluding hydrogens is 357 g/mol. The number of carbonyl (C=O) groups is 1. The average molecular weight is 379 g/mol. The third-order valence-corrected chi connectivity index (χ3v) is 5.14. The monoisotopic (exact) mass is 379 g/mol. The Balaban J connectivity index is 1.58. The van der Waals surface area contributed by atoms with E-state index in [1.807, 2.05) is 19.9 Å². The second-order valence-corrected chi connectivity index (χ2v) is 6.98. The maximum atomic E-state index is 14.7. The number of hydrogen-bond acceptors (Lipinski definition) is 4. The van der Waals surface area contributed by atoms with Gasteiger partial charge in [-0.3, -0.25) is 9.48 Å². The van der Waals surface area contributed by atoms with E-state index < -0.39 is 0 Å². The largest absolute Gasteiger partial charge is 0.363 e. The number of fused-ring (bicyclic) bond motifs is 1. The molecular formula is C21H22FN5O. The molecule has 0 unspecified atom stereocenters. The summed E-state index contributed by atoms with van der Waals surface area (Å²) >= 11 is 0. The lowest BCUT2D eigenvalue weighted by molar-refractivity contribution is 0.0787. The predicted molar refractivity (Wildman–Crippen MR) is 105 cm³/mol. The van der Waals surface area contributed by atoms with E-state index in [4.69, 9.17) is 0 Å². The van der Waals surface area contributed by atoms with Gasteiger partial charge < -0.3 is 10.2 Å². The topological polar surface area (TPSA) is 63.1 Å². The minimum absolute atomic E-state index is 0.0290. The van der Waals surface area contributed by atoms with E-state index >= 15 is 0 Å². The summed E-state index contributed by atoms with van der Waals surface area (Å²) in [6, 6.07) is 8.53. The summed E-state index contributed by atoms with van der Waals surface area (Å²) in [6.45, 7) is 5.10. The molecule has 1 aliphatic heterocycles. The summed E-state index contributed by atoms with van der Waals surface area (Å²) in [4.78, 5) is 18.6. The predicted octanol–water partition coefficient (Wildman–Crippen LogP) is 3.77. The van der Waals surface area contributed by atoms with Crippen LogP contribution in [0.5, 0.6) is 0 Å². The van der Waals surface area contributed by atoms with Crippen molar-refractivity contribution in [2.75, 3.05) is 11.9 Å². The van der Waals surface area contributed by atoms with E-state index in [0.717, 1.165) is 11.1 Å². The molecule has 0 saturated carbocycles. The standard InChI is InChI=1S/C21H22FN5O/c1-4-27-12-17-15(21(27)28)7-9-23-20(17)24-13(2)14-5-6-16(18(22)11-14)19-8-10-26(3)25-19/h5-11,13H,4,12H2,1-3H3,(H,23,24)/t13-/m0/s1. The molecule has 1 atom stereocenters. The molecule has 6 nitrogen and oxygen atoms in total. The van der Waals surface area contributed by atoms with Crippen LogP contribution in [0.2, 0.25) is 0 Å². The first-order valence-electron chi connectivity index (χ1n) is 9.31. The van der Waals surface area contributed by atoms with Crippen LogP contribution in [0.25, 0.3) is 11.3 Å². The molecule has 4 rings (SSSR count). The maximum absolute atomic E-state index is 14.7. The maximum Gasteiger partial charge on any atom is 0.254 e. The lowest BCUT2D eigenvalue weighted by Crippen LogP contribution is -2.22. The van der Waals surface area contributed by atoms with Gasteiger partial charge in [-0.05, 0) is 43.7 Å². The van der Waals surface area contributed by atoms with Crippen molar-refractivity contribution in [1.29, 1.82) is 0 Å². The average Bonchev–Trinajstić information content (AvgIpc) is 3.25. The number of hydrogen-bond donors (Lipinski definition) is 1. The number of pyridine rings is 1. The van der Waals surface area contributed by atoms with Gasteiger partial charge >= 0.3 is 0 Å². The molecule has 0 spiro atoms. The molecule has 1 aromatic carbocycles.